The summed E-state index contributed by atoms with van der Waals surface area (Å²) in [5, 5.41) is 13.1. The molecule has 0 aromatic carbocycles. The lowest BCUT2D eigenvalue weighted by molar-refractivity contribution is -0.288. The van der Waals surface area contributed by atoms with Crippen molar-refractivity contribution in [3.05, 3.63) is 0 Å². The molecule has 0 aliphatic carbocycles. The maximum Gasteiger partial charge on any atom is 0.0529 e. The van der Waals surface area contributed by atoms with Gasteiger partial charge in [-0.15, -0.1) is 10.3 Å². The first-order chi connectivity index (χ1) is 5.79. The van der Waals surface area contributed by atoms with Gasteiger partial charge in [-0.3, -0.25) is 4.99 Å². The first-order valence-electron chi connectivity index (χ1n) is 4.73. The monoisotopic (exact) mass is 183 g/mol. The number of aliphatic imine (C=N–C) groups is 1. The molecule has 3 heteroatoms. The highest BCUT2D eigenvalue weighted by molar-refractivity contribution is 5.25. The van der Waals surface area contributed by atoms with Crippen LogP contribution in [0.5, 0.6) is 0 Å². The van der Waals surface area contributed by atoms with Gasteiger partial charge in [-0.05, 0) is 47.3 Å². The Balaban J connectivity index is 2.88. The van der Waals surface area contributed by atoms with Crippen LogP contribution in [0, 0.1) is 0 Å². The van der Waals surface area contributed by atoms with Gasteiger partial charge in [0.2, 0.25) is 0 Å². The van der Waals surface area contributed by atoms with Gasteiger partial charge >= 0.3 is 0 Å². The number of rotatable bonds is 1. The van der Waals surface area contributed by atoms with Crippen LogP contribution in [-0.2, 0) is 5.21 Å². The summed E-state index contributed by atoms with van der Waals surface area (Å²) >= 11 is 0. The van der Waals surface area contributed by atoms with Crippen LogP contribution in [0.25, 0.3) is 0 Å². The number of hydrogen-bond acceptors (Lipinski definition) is 2. The number of piperidine rings is 1. The molecule has 0 bridgehead atoms. The molecule has 0 aromatic heterocycles. The Morgan fingerprint density at radius 3 is 1.92 bits per heavy atom. The van der Waals surface area contributed by atoms with Crippen molar-refractivity contribution in [1.29, 1.82) is 0 Å². The summed E-state index contributed by atoms with van der Waals surface area (Å²) in [5.74, 6) is 0. The predicted octanol–water partition coefficient (Wildman–Crippen LogP) is 2.05. The van der Waals surface area contributed by atoms with Crippen molar-refractivity contribution in [3.8, 4) is 0 Å². The Kier molecular flexibility index (Phi) is 2.52. The molecule has 1 radical (unpaired) electrons. The summed E-state index contributed by atoms with van der Waals surface area (Å²) in [6, 6.07) is 0.232. The fourth-order valence-electron chi connectivity index (χ4n) is 2.34. The van der Waals surface area contributed by atoms with Crippen molar-refractivity contribution in [2.75, 3.05) is 0 Å². The summed E-state index contributed by atoms with van der Waals surface area (Å²) in [7, 11) is 0. The van der Waals surface area contributed by atoms with Crippen LogP contribution in [0.3, 0.4) is 0 Å². The minimum Gasteiger partial charge on any atom is -0.297 e. The summed E-state index contributed by atoms with van der Waals surface area (Å²) in [6.07, 6.45) is 1.62. The molecule has 0 aromatic rings. The van der Waals surface area contributed by atoms with E-state index in [1.165, 1.54) is 5.06 Å². The number of nitrogens with zero attached hydrogens (tertiary/aromatic N) is 2. The Morgan fingerprint density at radius 1 is 1.23 bits per heavy atom. The zero-order valence-electron chi connectivity index (χ0n) is 9.00. The number of hydrogen-bond donors (Lipinski definition) is 0. The van der Waals surface area contributed by atoms with Crippen molar-refractivity contribution >= 4 is 6.72 Å². The van der Waals surface area contributed by atoms with Gasteiger partial charge < -0.3 is 0 Å². The second-order valence-electron chi connectivity index (χ2n) is 5.16. The molecule has 3 nitrogen and oxygen atoms in total. The van der Waals surface area contributed by atoms with Gasteiger partial charge in [0, 0.05) is 11.1 Å². The number of hydroxylamine groups is 2. The molecule has 75 valence electrons. The third-order valence-electron chi connectivity index (χ3n) is 2.83. The Bertz CT molecular complexity index is 193. The smallest absolute Gasteiger partial charge is 0.0529 e. The first-order valence-corrected chi connectivity index (χ1v) is 4.73. The van der Waals surface area contributed by atoms with Crippen LogP contribution in [0.15, 0.2) is 4.99 Å². The van der Waals surface area contributed by atoms with Gasteiger partial charge in [0.25, 0.3) is 0 Å². The van der Waals surface area contributed by atoms with E-state index in [-0.39, 0.29) is 17.1 Å². The average molecular weight is 183 g/mol. The summed E-state index contributed by atoms with van der Waals surface area (Å²) in [6.45, 7) is 11.5. The van der Waals surface area contributed by atoms with E-state index >= 15 is 0 Å². The van der Waals surface area contributed by atoms with Gasteiger partial charge in [0.15, 0.2) is 0 Å². The van der Waals surface area contributed by atoms with Gasteiger partial charge in [-0.1, -0.05) is 0 Å². The van der Waals surface area contributed by atoms with Crippen LogP contribution in [0.2, 0.25) is 0 Å². The third-order valence-corrected chi connectivity index (χ3v) is 2.83. The maximum atomic E-state index is 11.9. The van der Waals surface area contributed by atoms with Crippen molar-refractivity contribution in [3.63, 3.8) is 0 Å². The third kappa shape index (κ3) is 1.92. The van der Waals surface area contributed by atoms with E-state index < -0.39 is 0 Å². The highest BCUT2D eigenvalue weighted by atomic mass is 16.5. The van der Waals surface area contributed by atoms with Crippen LogP contribution < -0.4 is 0 Å². The van der Waals surface area contributed by atoms with E-state index in [9.17, 15) is 5.21 Å². The molecule has 1 heterocycles. The van der Waals surface area contributed by atoms with Crippen molar-refractivity contribution in [2.45, 2.75) is 57.7 Å². The van der Waals surface area contributed by atoms with E-state index in [0.29, 0.717) is 0 Å². The van der Waals surface area contributed by atoms with Crippen LogP contribution in [0.1, 0.15) is 40.5 Å². The molecule has 0 amide bonds. The van der Waals surface area contributed by atoms with E-state index in [1.54, 1.807) is 0 Å². The van der Waals surface area contributed by atoms with E-state index in [4.69, 9.17) is 0 Å². The van der Waals surface area contributed by atoms with Gasteiger partial charge in [0.1, 0.15) is 0 Å². The molecule has 1 saturated heterocycles. The largest absolute Gasteiger partial charge is 0.297 e. The molecular weight excluding hydrogens is 164 g/mol. The lowest BCUT2D eigenvalue weighted by atomic mass is 9.79. The standard InChI is InChI=1S/C10H19N2O/c1-9(2)6-8(11-5)7-10(3,4)12(9)13/h8H,5-7H2,1-4H3. The van der Waals surface area contributed by atoms with E-state index in [0.717, 1.165) is 12.8 Å². The van der Waals surface area contributed by atoms with Crippen molar-refractivity contribution in [1.82, 2.24) is 5.06 Å². The van der Waals surface area contributed by atoms with Crippen LogP contribution in [-0.4, -0.2) is 28.9 Å². The van der Waals surface area contributed by atoms with Crippen molar-refractivity contribution < 1.29 is 5.21 Å². The van der Waals surface area contributed by atoms with Gasteiger partial charge in [-0.2, -0.15) is 0 Å². The van der Waals surface area contributed by atoms with E-state index in [1.807, 2.05) is 27.7 Å². The molecule has 0 saturated carbocycles. The minimum atomic E-state index is -0.312. The predicted molar refractivity (Wildman–Crippen MR) is 53.3 cm³/mol. The average Bonchev–Trinajstić information content (AvgIpc) is 1.99. The zero-order valence-corrected chi connectivity index (χ0v) is 9.00. The maximum absolute atomic E-state index is 11.9. The van der Waals surface area contributed by atoms with Crippen molar-refractivity contribution in [2.24, 2.45) is 4.99 Å². The second-order valence-corrected chi connectivity index (χ2v) is 5.16. The highest BCUT2D eigenvalue weighted by Crippen LogP contribution is 2.37. The second kappa shape index (κ2) is 3.07. The summed E-state index contributed by atoms with van der Waals surface area (Å²) in [4.78, 5) is 4.06. The molecule has 0 unspecified atom stereocenters. The Labute approximate surface area is 80.4 Å². The molecule has 1 aliphatic rings. The molecule has 0 N–H and O–H groups in total. The fraction of sp³-hybridized carbons (Fsp3) is 0.900. The lowest BCUT2D eigenvalue weighted by Gasteiger charge is -2.48. The summed E-state index contributed by atoms with van der Waals surface area (Å²) < 4.78 is 0. The van der Waals surface area contributed by atoms with Gasteiger partial charge in [-0.25, -0.2) is 0 Å². The molecule has 1 fully saturated rings. The Hall–Kier alpha value is -0.410. The molecule has 0 spiro atoms. The Morgan fingerprint density at radius 2 is 1.62 bits per heavy atom. The quantitative estimate of drug-likeness (QED) is 0.573. The van der Waals surface area contributed by atoms with Gasteiger partial charge in [0.05, 0.1) is 6.04 Å². The first kappa shape index (κ1) is 10.7. The highest BCUT2D eigenvalue weighted by Gasteiger charge is 2.45. The van der Waals surface area contributed by atoms with Crippen LogP contribution in [0.4, 0.5) is 0 Å². The fourth-order valence-corrected chi connectivity index (χ4v) is 2.34. The minimum absolute atomic E-state index is 0.232. The molecule has 1 rings (SSSR count). The SMILES string of the molecule is C=NC1CC(C)(C)N([O])C(C)(C)C1. The lowest BCUT2D eigenvalue weighted by Crippen LogP contribution is -2.59. The molecule has 1 aliphatic heterocycles. The molecular formula is C10H19N2O. The molecule has 0 atom stereocenters. The van der Waals surface area contributed by atoms with Crippen LogP contribution >= 0.6 is 0 Å². The zero-order chi connectivity index (χ0) is 10.3. The molecule has 13 heavy (non-hydrogen) atoms. The normalized spacial score (nSPS) is 28.7. The summed E-state index contributed by atoms with van der Waals surface area (Å²) in [5.41, 5.74) is -0.624. The topological polar surface area (TPSA) is 35.5 Å². The van der Waals surface area contributed by atoms with E-state index in [2.05, 4.69) is 11.7 Å².